The molecule has 7 nitrogen and oxygen atoms in total. The van der Waals surface area contributed by atoms with Crippen molar-refractivity contribution in [3.8, 4) is 0 Å². The molecule has 0 radical (unpaired) electrons. The van der Waals surface area contributed by atoms with Gasteiger partial charge in [-0.2, -0.15) is 9.97 Å². The molecule has 0 unspecified atom stereocenters. The van der Waals surface area contributed by atoms with Crippen LogP contribution in [0.4, 0.5) is 11.8 Å². The van der Waals surface area contributed by atoms with E-state index in [-0.39, 0.29) is 6.61 Å². The highest BCUT2D eigenvalue weighted by Crippen LogP contribution is 2.22. The van der Waals surface area contributed by atoms with E-state index in [1.54, 1.807) is 6.33 Å². The molecule has 0 aliphatic rings. The Hall–Kier alpha value is -3.45. The lowest BCUT2D eigenvalue weighted by Gasteiger charge is -2.10. The average molecular weight is 374 g/mol. The van der Waals surface area contributed by atoms with Crippen molar-refractivity contribution in [3.63, 3.8) is 0 Å². The highest BCUT2D eigenvalue weighted by molar-refractivity contribution is 5.84. The maximum atomic E-state index is 9.12. The largest absolute Gasteiger partial charge is 0.395 e. The first-order valence-corrected chi connectivity index (χ1v) is 9.23. The number of nitrogens with zero attached hydrogens (tertiary/aromatic N) is 4. The lowest BCUT2D eigenvalue weighted by Crippen LogP contribution is -2.11. The third kappa shape index (κ3) is 4.10. The minimum atomic E-state index is 0.0114. The van der Waals surface area contributed by atoms with Gasteiger partial charge in [-0.25, -0.2) is 4.98 Å². The minimum absolute atomic E-state index is 0.0114. The Bertz CT molecular complexity index is 1030. The number of benzene rings is 2. The van der Waals surface area contributed by atoms with Crippen molar-refractivity contribution in [3.05, 3.63) is 78.1 Å². The molecule has 2 heterocycles. The summed E-state index contributed by atoms with van der Waals surface area (Å²) in [5.74, 6) is 1.13. The lowest BCUT2D eigenvalue weighted by atomic mass is 10.2. The van der Waals surface area contributed by atoms with Crippen molar-refractivity contribution in [1.29, 1.82) is 0 Å². The summed E-state index contributed by atoms with van der Waals surface area (Å²) in [5.41, 5.74) is 3.79. The highest BCUT2D eigenvalue weighted by Gasteiger charge is 2.13. The topological polar surface area (TPSA) is 87.9 Å². The predicted octanol–water partition coefficient (Wildman–Crippen LogP) is 2.89. The Morgan fingerprint density at radius 1 is 0.857 bits per heavy atom. The molecule has 0 aliphatic heterocycles. The Morgan fingerprint density at radius 3 is 2.29 bits per heavy atom. The van der Waals surface area contributed by atoms with Gasteiger partial charge in [0.15, 0.2) is 17.0 Å². The van der Waals surface area contributed by atoms with Crippen LogP contribution in [0.1, 0.15) is 11.1 Å². The van der Waals surface area contributed by atoms with Gasteiger partial charge in [0.1, 0.15) is 0 Å². The van der Waals surface area contributed by atoms with Crippen LogP contribution in [0.25, 0.3) is 11.2 Å². The van der Waals surface area contributed by atoms with Crippen LogP contribution in [0, 0.1) is 0 Å². The average Bonchev–Trinajstić information content (AvgIpc) is 3.15. The molecular formula is C21H22N6O. The molecular weight excluding hydrogens is 352 g/mol. The Balaban J connectivity index is 1.66. The Morgan fingerprint density at radius 2 is 1.57 bits per heavy atom. The molecule has 0 saturated carbocycles. The molecule has 0 spiro atoms. The van der Waals surface area contributed by atoms with E-state index in [9.17, 15) is 0 Å². The van der Waals surface area contributed by atoms with Crippen LogP contribution in [-0.2, 0) is 13.1 Å². The van der Waals surface area contributed by atoms with Gasteiger partial charge in [-0.1, -0.05) is 60.7 Å². The fourth-order valence-corrected chi connectivity index (χ4v) is 2.99. The van der Waals surface area contributed by atoms with Gasteiger partial charge >= 0.3 is 0 Å². The van der Waals surface area contributed by atoms with E-state index in [2.05, 4.69) is 49.9 Å². The van der Waals surface area contributed by atoms with E-state index in [0.29, 0.717) is 31.4 Å². The van der Waals surface area contributed by atoms with Crippen LogP contribution < -0.4 is 10.6 Å². The maximum absolute atomic E-state index is 9.12. The molecule has 4 aromatic rings. The summed E-state index contributed by atoms with van der Waals surface area (Å²) in [6.45, 7) is 1.71. The molecule has 0 fully saturated rings. The van der Waals surface area contributed by atoms with Crippen LogP contribution in [0.5, 0.6) is 0 Å². The van der Waals surface area contributed by atoms with E-state index in [0.717, 1.165) is 16.7 Å². The third-order valence-electron chi connectivity index (χ3n) is 4.36. The first kappa shape index (κ1) is 17.9. The Labute approximate surface area is 163 Å². The van der Waals surface area contributed by atoms with Crippen molar-refractivity contribution >= 4 is 22.9 Å². The van der Waals surface area contributed by atoms with Crippen molar-refractivity contribution in [2.75, 3.05) is 23.8 Å². The molecule has 2 aromatic carbocycles. The van der Waals surface area contributed by atoms with Gasteiger partial charge in [-0.15, -0.1) is 0 Å². The highest BCUT2D eigenvalue weighted by atomic mass is 16.3. The third-order valence-corrected chi connectivity index (χ3v) is 4.36. The molecule has 0 amide bonds. The van der Waals surface area contributed by atoms with Gasteiger partial charge < -0.3 is 20.3 Å². The van der Waals surface area contributed by atoms with Gasteiger partial charge in [0.05, 0.1) is 19.5 Å². The number of aliphatic hydroxyl groups is 1. The number of fused-ring (bicyclic) bond motifs is 1. The lowest BCUT2D eigenvalue weighted by molar-refractivity contribution is 0.311. The van der Waals surface area contributed by atoms with Gasteiger partial charge in [0.2, 0.25) is 5.95 Å². The van der Waals surface area contributed by atoms with Gasteiger partial charge in [0, 0.05) is 13.1 Å². The first-order chi connectivity index (χ1) is 13.8. The van der Waals surface area contributed by atoms with E-state index >= 15 is 0 Å². The second-order valence-electron chi connectivity index (χ2n) is 6.42. The number of anilines is 2. The zero-order chi connectivity index (χ0) is 19.2. The summed E-state index contributed by atoms with van der Waals surface area (Å²) in [6.07, 6.45) is 1.79. The van der Waals surface area contributed by atoms with Crippen molar-refractivity contribution in [2.24, 2.45) is 0 Å². The number of hydrogen-bond acceptors (Lipinski definition) is 6. The minimum Gasteiger partial charge on any atom is -0.395 e. The quantitative estimate of drug-likeness (QED) is 0.440. The van der Waals surface area contributed by atoms with Gasteiger partial charge in [-0.05, 0) is 11.1 Å². The molecule has 2 aromatic heterocycles. The number of aliphatic hydroxyl groups excluding tert-OH is 1. The van der Waals surface area contributed by atoms with Crippen molar-refractivity contribution < 1.29 is 5.11 Å². The maximum Gasteiger partial charge on any atom is 0.226 e. The zero-order valence-corrected chi connectivity index (χ0v) is 15.4. The van der Waals surface area contributed by atoms with Gasteiger partial charge in [-0.3, -0.25) is 0 Å². The number of aromatic nitrogens is 4. The second-order valence-corrected chi connectivity index (χ2v) is 6.42. The molecule has 0 aliphatic carbocycles. The van der Waals surface area contributed by atoms with Gasteiger partial charge in [0.25, 0.3) is 0 Å². The van der Waals surface area contributed by atoms with E-state index < -0.39 is 0 Å². The van der Waals surface area contributed by atoms with Crippen LogP contribution in [0.3, 0.4) is 0 Å². The summed E-state index contributed by atoms with van der Waals surface area (Å²) in [7, 11) is 0. The molecule has 0 bridgehead atoms. The zero-order valence-electron chi connectivity index (χ0n) is 15.4. The molecule has 142 valence electrons. The Kier molecular flexibility index (Phi) is 5.44. The number of rotatable bonds is 8. The summed E-state index contributed by atoms with van der Waals surface area (Å²) in [4.78, 5) is 13.7. The summed E-state index contributed by atoms with van der Waals surface area (Å²) < 4.78 is 2.00. The van der Waals surface area contributed by atoms with Crippen LogP contribution in [-0.4, -0.2) is 37.8 Å². The van der Waals surface area contributed by atoms with Crippen LogP contribution >= 0.6 is 0 Å². The molecule has 4 rings (SSSR count). The van der Waals surface area contributed by atoms with Crippen molar-refractivity contribution in [2.45, 2.75) is 13.1 Å². The second kappa shape index (κ2) is 8.49. The summed E-state index contributed by atoms with van der Waals surface area (Å²) >= 11 is 0. The molecule has 7 heteroatoms. The number of hydrogen-bond donors (Lipinski definition) is 3. The normalized spacial score (nSPS) is 10.9. The molecule has 0 saturated heterocycles. The first-order valence-electron chi connectivity index (χ1n) is 9.23. The standard InChI is InChI=1S/C21H22N6O/c28-12-11-22-21-25-19(23-13-16-7-3-1-4-8-16)18-20(26-21)27(15-24-18)14-17-9-5-2-6-10-17/h1-10,15,28H,11-14H2,(H2,22,23,25,26). The SMILES string of the molecule is OCCNc1nc(NCc2ccccc2)c2ncn(Cc3ccccc3)c2n1. The number of nitrogens with one attached hydrogen (secondary N) is 2. The molecule has 28 heavy (non-hydrogen) atoms. The van der Waals surface area contributed by atoms with E-state index in [1.807, 2.05) is 41.0 Å². The monoisotopic (exact) mass is 374 g/mol. The van der Waals surface area contributed by atoms with Crippen LogP contribution in [0.2, 0.25) is 0 Å². The predicted molar refractivity (Wildman–Crippen MR) is 110 cm³/mol. The smallest absolute Gasteiger partial charge is 0.226 e. The van der Waals surface area contributed by atoms with Crippen molar-refractivity contribution in [1.82, 2.24) is 19.5 Å². The summed E-state index contributed by atoms with van der Waals surface area (Å²) in [5, 5.41) is 15.5. The molecule has 3 N–H and O–H groups in total. The van der Waals surface area contributed by atoms with Crippen LogP contribution in [0.15, 0.2) is 67.0 Å². The van der Waals surface area contributed by atoms with E-state index in [1.165, 1.54) is 5.56 Å². The fraction of sp³-hybridized carbons (Fsp3) is 0.190. The number of imidazole rings is 1. The summed E-state index contributed by atoms with van der Waals surface area (Å²) in [6, 6.07) is 20.3. The molecule has 0 atom stereocenters. The van der Waals surface area contributed by atoms with E-state index in [4.69, 9.17) is 5.11 Å². The fourth-order valence-electron chi connectivity index (χ4n) is 2.99.